The summed E-state index contributed by atoms with van der Waals surface area (Å²) in [6, 6.07) is 1.15. The molecule has 0 aromatic carbocycles. The average Bonchev–Trinajstić information content (AvgIpc) is 2.66. The van der Waals surface area contributed by atoms with Crippen molar-refractivity contribution in [2.75, 3.05) is 0 Å². The van der Waals surface area contributed by atoms with Crippen LogP contribution in [0.5, 0.6) is 0 Å². The van der Waals surface area contributed by atoms with Gasteiger partial charge in [0.05, 0.1) is 16.2 Å². The minimum atomic E-state index is -0.637. The second-order valence-electron chi connectivity index (χ2n) is 7.25. The normalized spacial score (nSPS) is 10.6. The second-order valence-corrected chi connectivity index (χ2v) is 7.25. The van der Waals surface area contributed by atoms with Gasteiger partial charge < -0.3 is 0 Å². The minimum Gasteiger partial charge on any atom is -0.292 e. The van der Waals surface area contributed by atoms with Crippen molar-refractivity contribution in [2.24, 2.45) is 0 Å². The molecule has 0 unspecified atom stereocenters. The van der Waals surface area contributed by atoms with Crippen LogP contribution in [-0.2, 0) is 4.79 Å². The van der Waals surface area contributed by atoms with E-state index >= 15 is 0 Å². The molecule has 156 valence electrons. The van der Waals surface area contributed by atoms with Crippen molar-refractivity contribution in [1.29, 1.82) is 0 Å². The highest BCUT2D eigenvalue weighted by Crippen LogP contribution is 2.15. The van der Waals surface area contributed by atoms with Crippen LogP contribution >= 0.6 is 0 Å². The summed E-state index contributed by atoms with van der Waals surface area (Å²) in [6.45, 7) is 3.80. The van der Waals surface area contributed by atoms with Crippen molar-refractivity contribution in [3.05, 3.63) is 33.6 Å². The SMILES string of the molecule is CCCCCCCCCCCCCC(=O)NC(=O)c1cc([N+](=O)[O-])cnc1C. The number of carbonyl (C=O) groups is 2. The zero-order valence-electron chi connectivity index (χ0n) is 17.2. The Labute approximate surface area is 167 Å². The molecule has 7 heteroatoms. The Morgan fingerprint density at radius 1 is 1.00 bits per heavy atom. The Morgan fingerprint density at radius 3 is 2.07 bits per heavy atom. The van der Waals surface area contributed by atoms with E-state index < -0.39 is 10.8 Å². The summed E-state index contributed by atoms with van der Waals surface area (Å²) in [4.78, 5) is 38.1. The molecule has 0 saturated carbocycles. The van der Waals surface area contributed by atoms with Crippen LogP contribution in [0.1, 0.15) is 100 Å². The van der Waals surface area contributed by atoms with Crippen molar-refractivity contribution in [3.63, 3.8) is 0 Å². The first-order chi connectivity index (χ1) is 13.5. The van der Waals surface area contributed by atoms with Gasteiger partial charge in [0.1, 0.15) is 6.20 Å². The molecule has 0 aliphatic rings. The maximum Gasteiger partial charge on any atom is 0.288 e. The number of aryl methyl sites for hydroxylation is 1. The van der Waals surface area contributed by atoms with Crippen LogP contribution in [0.15, 0.2) is 12.3 Å². The highest BCUT2D eigenvalue weighted by molar-refractivity contribution is 6.05. The van der Waals surface area contributed by atoms with Crippen LogP contribution in [-0.4, -0.2) is 21.7 Å². The van der Waals surface area contributed by atoms with Gasteiger partial charge in [0.15, 0.2) is 0 Å². The van der Waals surface area contributed by atoms with E-state index in [2.05, 4.69) is 17.2 Å². The fourth-order valence-electron chi connectivity index (χ4n) is 3.06. The first-order valence-electron chi connectivity index (χ1n) is 10.4. The number of hydrogen-bond acceptors (Lipinski definition) is 5. The van der Waals surface area contributed by atoms with Gasteiger partial charge in [0.25, 0.3) is 11.6 Å². The molecular formula is C21H33N3O4. The number of pyridine rings is 1. The maximum atomic E-state index is 12.2. The number of aromatic nitrogens is 1. The quantitative estimate of drug-likeness (QED) is 0.265. The number of amides is 2. The van der Waals surface area contributed by atoms with Crippen molar-refractivity contribution >= 4 is 17.5 Å². The van der Waals surface area contributed by atoms with E-state index in [0.717, 1.165) is 31.5 Å². The largest absolute Gasteiger partial charge is 0.292 e. The standard InChI is InChI=1S/C21H33N3O4/c1-3-4-5-6-7-8-9-10-11-12-13-14-20(25)23-21(26)19-15-18(24(27)28)16-22-17(19)2/h15-16H,3-14H2,1-2H3,(H,23,25,26). The van der Waals surface area contributed by atoms with E-state index in [4.69, 9.17) is 0 Å². The number of hydrogen-bond donors (Lipinski definition) is 1. The van der Waals surface area contributed by atoms with Gasteiger partial charge in [-0.2, -0.15) is 0 Å². The third kappa shape index (κ3) is 9.58. The smallest absolute Gasteiger partial charge is 0.288 e. The van der Waals surface area contributed by atoms with Crippen LogP contribution in [0.3, 0.4) is 0 Å². The first kappa shape index (κ1) is 23.7. The van der Waals surface area contributed by atoms with Gasteiger partial charge in [-0.15, -0.1) is 0 Å². The summed E-state index contributed by atoms with van der Waals surface area (Å²) in [5.41, 5.74) is 0.139. The molecule has 0 aliphatic heterocycles. The van der Waals surface area contributed by atoms with Gasteiger partial charge in [0.2, 0.25) is 5.91 Å². The first-order valence-corrected chi connectivity index (χ1v) is 10.4. The van der Waals surface area contributed by atoms with Crippen LogP contribution in [0, 0.1) is 17.0 Å². The average molecular weight is 392 g/mol. The third-order valence-electron chi connectivity index (χ3n) is 4.79. The summed E-state index contributed by atoms with van der Waals surface area (Å²) >= 11 is 0. The number of nitrogens with zero attached hydrogens (tertiary/aromatic N) is 2. The van der Waals surface area contributed by atoms with Crippen LogP contribution in [0.4, 0.5) is 5.69 Å². The highest BCUT2D eigenvalue weighted by atomic mass is 16.6. The van der Waals surface area contributed by atoms with E-state index in [1.807, 2.05) is 0 Å². The molecule has 7 nitrogen and oxygen atoms in total. The summed E-state index contributed by atoms with van der Waals surface area (Å²) in [6.07, 6.45) is 14.5. The van der Waals surface area contributed by atoms with Crippen LogP contribution in [0.25, 0.3) is 0 Å². The van der Waals surface area contributed by atoms with E-state index in [-0.39, 0.29) is 23.6 Å². The number of unbranched alkanes of at least 4 members (excludes halogenated alkanes) is 10. The molecule has 0 radical (unpaired) electrons. The number of imide groups is 1. The van der Waals surface area contributed by atoms with Gasteiger partial charge in [0, 0.05) is 12.5 Å². The van der Waals surface area contributed by atoms with E-state index in [9.17, 15) is 19.7 Å². The molecule has 2 amide bonds. The van der Waals surface area contributed by atoms with E-state index in [1.54, 1.807) is 6.92 Å². The Balaban J connectivity index is 2.18. The fraction of sp³-hybridized carbons (Fsp3) is 0.667. The van der Waals surface area contributed by atoms with Crippen LogP contribution < -0.4 is 5.32 Å². The Morgan fingerprint density at radius 2 is 1.54 bits per heavy atom. The van der Waals surface area contributed by atoms with Gasteiger partial charge >= 0.3 is 0 Å². The number of carbonyl (C=O) groups excluding carboxylic acids is 2. The summed E-state index contributed by atoms with van der Waals surface area (Å²) in [5.74, 6) is -0.992. The molecule has 0 aliphatic carbocycles. The number of nitro groups is 1. The number of rotatable bonds is 14. The Kier molecular flexibility index (Phi) is 11.7. The van der Waals surface area contributed by atoms with E-state index in [0.29, 0.717) is 5.69 Å². The summed E-state index contributed by atoms with van der Waals surface area (Å²) in [5, 5.41) is 13.1. The van der Waals surface area contributed by atoms with Crippen LogP contribution in [0.2, 0.25) is 0 Å². The maximum absolute atomic E-state index is 12.2. The lowest BCUT2D eigenvalue weighted by molar-refractivity contribution is -0.385. The van der Waals surface area contributed by atoms with Crippen molar-refractivity contribution < 1.29 is 14.5 Å². The molecule has 1 N–H and O–H groups in total. The predicted molar refractivity (Wildman–Crippen MR) is 109 cm³/mol. The Bertz CT molecular complexity index is 647. The molecule has 0 fully saturated rings. The lowest BCUT2D eigenvalue weighted by Gasteiger charge is -2.06. The lowest BCUT2D eigenvalue weighted by atomic mass is 10.1. The molecule has 0 saturated heterocycles. The third-order valence-corrected chi connectivity index (χ3v) is 4.79. The Hall–Kier alpha value is -2.31. The zero-order valence-corrected chi connectivity index (χ0v) is 17.2. The van der Waals surface area contributed by atoms with E-state index in [1.165, 1.54) is 51.4 Å². The molecule has 1 aromatic heterocycles. The topological polar surface area (TPSA) is 102 Å². The van der Waals surface area contributed by atoms with Gasteiger partial charge in [-0.25, -0.2) is 0 Å². The number of nitrogens with one attached hydrogen (secondary N) is 1. The molecule has 0 atom stereocenters. The molecule has 0 spiro atoms. The van der Waals surface area contributed by atoms with Crippen molar-refractivity contribution in [1.82, 2.24) is 10.3 Å². The fourth-order valence-corrected chi connectivity index (χ4v) is 3.06. The predicted octanol–water partition coefficient (Wildman–Crippen LogP) is 5.26. The second kappa shape index (κ2) is 13.8. The molecule has 0 bridgehead atoms. The summed E-state index contributed by atoms with van der Waals surface area (Å²) in [7, 11) is 0. The minimum absolute atomic E-state index is 0.0569. The van der Waals surface area contributed by atoms with Gasteiger partial charge in [-0.1, -0.05) is 71.1 Å². The highest BCUT2D eigenvalue weighted by Gasteiger charge is 2.17. The van der Waals surface area contributed by atoms with Crippen molar-refractivity contribution in [3.8, 4) is 0 Å². The molecule has 28 heavy (non-hydrogen) atoms. The molecule has 1 heterocycles. The van der Waals surface area contributed by atoms with Gasteiger partial charge in [-0.3, -0.25) is 30.0 Å². The molecular weight excluding hydrogens is 358 g/mol. The lowest BCUT2D eigenvalue weighted by Crippen LogP contribution is -2.31. The molecule has 1 rings (SSSR count). The zero-order chi connectivity index (χ0) is 20.8. The van der Waals surface area contributed by atoms with Crippen molar-refractivity contribution in [2.45, 2.75) is 90.9 Å². The molecule has 1 aromatic rings. The monoisotopic (exact) mass is 391 g/mol. The summed E-state index contributed by atoms with van der Waals surface area (Å²) < 4.78 is 0. The van der Waals surface area contributed by atoms with Gasteiger partial charge in [-0.05, 0) is 13.3 Å².